The number of nitrogen functional groups attached to an aromatic ring is 1. The zero-order valence-corrected chi connectivity index (χ0v) is 13.0. The molecule has 1 aliphatic carbocycles. The van der Waals surface area contributed by atoms with Gasteiger partial charge in [-0.15, -0.1) is 0 Å². The van der Waals surface area contributed by atoms with Gasteiger partial charge in [-0.1, -0.05) is 18.9 Å². The topological polar surface area (TPSA) is 75.4 Å². The molecule has 0 aliphatic heterocycles. The molecule has 118 valence electrons. The lowest BCUT2D eigenvalue weighted by Gasteiger charge is -2.24. The van der Waals surface area contributed by atoms with Gasteiger partial charge in [0.05, 0.1) is 5.69 Å². The Morgan fingerprint density at radius 1 is 1.38 bits per heavy atom. The van der Waals surface area contributed by atoms with Gasteiger partial charge >= 0.3 is 0 Å². The molecule has 7 heteroatoms. The highest BCUT2D eigenvalue weighted by Gasteiger charge is 2.23. The van der Waals surface area contributed by atoms with Crippen LogP contribution in [0.5, 0.6) is 0 Å². The Morgan fingerprint density at radius 3 is 2.67 bits per heavy atom. The third-order valence-corrected chi connectivity index (χ3v) is 5.52. The summed E-state index contributed by atoms with van der Waals surface area (Å²) in [6, 6.07) is 4.38. The lowest BCUT2D eigenvalue weighted by molar-refractivity contribution is 0.250. The minimum absolute atomic E-state index is 0.0772. The zero-order chi connectivity index (χ0) is 15.5. The van der Waals surface area contributed by atoms with E-state index in [-0.39, 0.29) is 12.2 Å². The number of nitrogens with one attached hydrogen (secondary N) is 1. The Bertz CT molecular complexity index is 566. The lowest BCUT2D eigenvalue weighted by Crippen LogP contribution is -2.37. The second kappa shape index (κ2) is 6.72. The number of nitrogens with zero attached hydrogens (tertiary/aromatic N) is 1. The maximum atomic E-state index is 13.7. The van der Waals surface area contributed by atoms with Gasteiger partial charge in [0.15, 0.2) is 0 Å². The van der Waals surface area contributed by atoms with Crippen LogP contribution in [0.3, 0.4) is 0 Å². The average Bonchev–Trinajstić information content (AvgIpc) is 2.91. The van der Waals surface area contributed by atoms with Crippen molar-refractivity contribution in [1.82, 2.24) is 9.62 Å². The fraction of sp³-hybridized carbons (Fsp3) is 0.571. The van der Waals surface area contributed by atoms with Crippen LogP contribution < -0.4 is 10.5 Å². The van der Waals surface area contributed by atoms with Crippen molar-refractivity contribution in [3.63, 3.8) is 0 Å². The van der Waals surface area contributed by atoms with Gasteiger partial charge in [-0.05, 0) is 32.0 Å². The van der Waals surface area contributed by atoms with Gasteiger partial charge in [-0.3, -0.25) is 0 Å². The van der Waals surface area contributed by atoms with E-state index in [2.05, 4.69) is 9.62 Å². The summed E-state index contributed by atoms with van der Waals surface area (Å²) in [5.74, 6) is -0.827. The molecular formula is C14H22FN3O2S. The molecule has 1 aliphatic rings. The van der Waals surface area contributed by atoms with Crippen molar-refractivity contribution in [2.45, 2.75) is 36.6 Å². The van der Waals surface area contributed by atoms with Crippen LogP contribution in [0.15, 0.2) is 23.1 Å². The van der Waals surface area contributed by atoms with E-state index < -0.39 is 20.7 Å². The maximum absolute atomic E-state index is 13.7. The number of hydrogen-bond donors (Lipinski definition) is 2. The van der Waals surface area contributed by atoms with Crippen LogP contribution in [0.2, 0.25) is 0 Å². The fourth-order valence-corrected chi connectivity index (χ4v) is 3.97. The van der Waals surface area contributed by atoms with E-state index >= 15 is 0 Å². The third-order valence-electron chi connectivity index (χ3n) is 3.97. The van der Waals surface area contributed by atoms with Gasteiger partial charge in [0.2, 0.25) is 10.0 Å². The van der Waals surface area contributed by atoms with E-state index in [0.717, 1.165) is 18.9 Å². The first-order valence-electron chi connectivity index (χ1n) is 7.15. The summed E-state index contributed by atoms with van der Waals surface area (Å²) in [5.41, 5.74) is 5.49. The highest BCUT2D eigenvalue weighted by atomic mass is 32.2. The van der Waals surface area contributed by atoms with Crippen LogP contribution in [-0.4, -0.2) is 39.5 Å². The highest BCUT2D eigenvalue weighted by Crippen LogP contribution is 2.23. The molecule has 0 amide bonds. The maximum Gasteiger partial charge on any atom is 0.245 e. The standard InChI is InChI=1S/C14H22FN3O2S/c1-18(11-5-2-3-6-11)10-9-17-21(19,20)14-12(15)7-4-8-13(14)16/h4,7-8,11,17H,2-3,5-6,9-10,16H2,1H3. The third kappa shape index (κ3) is 3.93. The number of hydrogen-bond acceptors (Lipinski definition) is 4. The van der Waals surface area contributed by atoms with Crippen molar-refractivity contribution in [3.8, 4) is 0 Å². The van der Waals surface area contributed by atoms with E-state index in [1.54, 1.807) is 0 Å². The molecule has 1 saturated carbocycles. The molecule has 3 N–H and O–H groups in total. The number of nitrogens with two attached hydrogens (primary N) is 1. The number of halogens is 1. The largest absolute Gasteiger partial charge is 0.398 e. The minimum Gasteiger partial charge on any atom is -0.398 e. The molecule has 1 aromatic carbocycles. The minimum atomic E-state index is -3.92. The molecular weight excluding hydrogens is 293 g/mol. The normalized spacial score (nSPS) is 16.7. The van der Waals surface area contributed by atoms with Crippen LogP contribution in [0, 0.1) is 5.82 Å². The first-order chi connectivity index (χ1) is 9.92. The first kappa shape index (κ1) is 16.2. The summed E-state index contributed by atoms with van der Waals surface area (Å²) in [6.45, 7) is 0.835. The van der Waals surface area contributed by atoms with Gasteiger partial charge in [-0.2, -0.15) is 0 Å². The van der Waals surface area contributed by atoms with Crippen LogP contribution in [0.25, 0.3) is 0 Å². The quantitative estimate of drug-likeness (QED) is 0.781. The van der Waals surface area contributed by atoms with E-state index in [4.69, 9.17) is 5.73 Å². The fourth-order valence-electron chi connectivity index (χ4n) is 2.77. The van der Waals surface area contributed by atoms with Gasteiger partial charge in [0.1, 0.15) is 10.7 Å². The van der Waals surface area contributed by atoms with Crippen LogP contribution in [0.1, 0.15) is 25.7 Å². The van der Waals surface area contributed by atoms with E-state index in [1.165, 1.54) is 25.0 Å². The Labute approximate surface area is 125 Å². The molecule has 0 spiro atoms. The van der Waals surface area contributed by atoms with Crippen molar-refractivity contribution in [2.75, 3.05) is 25.9 Å². The number of anilines is 1. The second-order valence-corrected chi connectivity index (χ2v) is 7.18. The molecule has 5 nitrogen and oxygen atoms in total. The predicted molar refractivity (Wildman–Crippen MR) is 80.9 cm³/mol. The molecule has 0 bridgehead atoms. The predicted octanol–water partition coefficient (Wildman–Crippen LogP) is 1.56. The number of sulfonamides is 1. The monoisotopic (exact) mass is 315 g/mol. The summed E-state index contributed by atoms with van der Waals surface area (Å²) >= 11 is 0. The summed E-state index contributed by atoms with van der Waals surface area (Å²) in [4.78, 5) is 1.69. The van der Waals surface area contributed by atoms with E-state index in [0.29, 0.717) is 12.6 Å². The molecule has 21 heavy (non-hydrogen) atoms. The summed E-state index contributed by atoms with van der Waals surface area (Å²) in [5, 5.41) is 0. The highest BCUT2D eigenvalue weighted by molar-refractivity contribution is 7.89. The van der Waals surface area contributed by atoms with Crippen LogP contribution in [-0.2, 0) is 10.0 Å². The smallest absolute Gasteiger partial charge is 0.245 e. The van der Waals surface area contributed by atoms with Crippen molar-refractivity contribution in [3.05, 3.63) is 24.0 Å². The van der Waals surface area contributed by atoms with Crippen LogP contribution >= 0.6 is 0 Å². The zero-order valence-electron chi connectivity index (χ0n) is 12.2. The lowest BCUT2D eigenvalue weighted by atomic mass is 10.2. The van der Waals surface area contributed by atoms with Crippen molar-refractivity contribution in [1.29, 1.82) is 0 Å². The Balaban J connectivity index is 1.95. The molecule has 0 aromatic heterocycles. The second-order valence-electron chi connectivity index (χ2n) is 5.47. The number of benzene rings is 1. The van der Waals surface area contributed by atoms with E-state index in [1.807, 2.05) is 7.05 Å². The van der Waals surface area contributed by atoms with Gasteiger partial charge in [0, 0.05) is 19.1 Å². The number of rotatable bonds is 6. The molecule has 0 unspecified atom stereocenters. The van der Waals surface area contributed by atoms with Gasteiger partial charge in [-0.25, -0.2) is 17.5 Å². The summed E-state index contributed by atoms with van der Waals surface area (Å²) in [7, 11) is -1.93. The van der Waals surface area contributed by atoms with Crippen molar-refractivity contribution in [2.24, 2.45) is 0 Å². The summed E-state index contributed by atoms with van der Waals surface area (Å²) < 4.78 is 40.3. The molecule has 0 heterocycles. The molecule has 1 fully saturated rings. The summed E-state index contributed by atoms with van der Waals surface area (Å²) in [6.07, 6.45) is 4.77. The molecule has 1 aromatic rings. The molecule has 2 rings (SSSR count). The van der Waals surface area contributed by atoms with E-state index in [9.17, 15) is 12.8 Å². The molecule has 0 saturated heterocycles. The average molecular weight is 315 g/mol. The number of likely N-dealkylation sites (N-methyl/N-ethyl adjacent to an activating group) is 1. The SMILES string of the molecule is CN(CCNS(=O)(=O)c1c(N)cccc1F)C1CCCC1. The molecule has 0 radical (unpaired) electrons. The van der Waals surface area contributed by atoms with Crippen LogP contribution in [0.4, 0.5) is 10.1 Å². The Hall–Kier alpha value is -1.18. The van der Waals surface area contributed by atoms with Gasteiger partial charge < -0.3 is 10.6 Å². The first-order valence-corrected chi connectivity index (χ1v) is 8.64. The van der Waals surface area contributed by atoms with Crippen molar-refractivity contribution >= 4 is 15.7 Å². The Kier molecular flexibility index (Phi) is 5.18. The molecule has 0 atom stereocenters. The van der Waals surface area contributed by atoms with Crippen molar-refractivity contribution < 1.29 is 12.8 Å². The van der Waals surface area contributed by atoms with Gasteiger partial charge in [0.25, 0.3) is 0 Å². The Morgan fingerprint density at radius 2 is 2.05 bits per heavy atom.